The van der Waals surface area contributed by atoms with Crippen molar-refractivity contribution in [2.24, 2.45) is 0 Å². The molecule has 1 aromatic carbocycles. The van der Waals surface area contributed by atoms with E-state index in [0.29, 0.717) is 16.7 Å². The van der Waals surface area contributed by atoms with Gasteiger partial charge in [0.1, 0.15) is 11.8 Å². The van der Waals surface area contributed by atoms with E-state index >= 15 is 0 Å². The molecule has 0 atom stereocenters. The Kier molecular flexibility index (Phi) is 5.78. The molecule has 0 aliphatic carbocycles. The van der Waals surface area contributed by atoms with E-state index in [-0.39, 0.29) is 12.4 Å². The molecule has 150 valence electrons. The number of pyridine rings is 1. The Balaban J connectivity index is 1.48. The van der Waals surface area contributed by atoms with E-state index in [0.717, 1.165) is 37.3 Å². The molecule has 0 spiro atoms. The molecule has 1 aliphatic rings. The van der Waals surface area contributed by atoms with Gasteiger partial charge in [-0.05, 0) is 36.9 Å². The lowest BCUT2D eigenvalue weighted by Crippen LogP contribution is -2.44. The molecule has 0 amide bonds. The van der Waals surface area contributed by atoms with E-state index in [2.05, 4.69) is 56.1 Å². The maximum absolute atomic E-state index is 5.95. The molecule has 7 nitrogen and oxygen atoms in total. The number of anilines is 2. The first-order valence-corrected chi connectivity index (χ1v) is 9.86. The molecule has 0 bridgehead atoms. The fourth-order valence-corrected chi connectivity index (χ4v) is 3.41. The molecular formula is C21H23ClN6O. The summed E-state index contributed by atoms with van der Waals surface area (Å²) in [5, 5.41) is 0.416. The smallest absolute Gasteiger partial charge is 0.258 e. The fraction of sp³-hybridized carbons (Fsp3) is 0.286. The minimum absolute atomic E-state index is 0.253. The Labute approximate surface area is 175 Å². The topological polar surface area (TPSA) is 80.4 Å². The van der Waals surface area contributed by atoms with E-state index < -0.39 is 0 Å². The molecule has 29 heavy (non-hydrogen) atoms. The third kappa shape index (κ3) is 4.75. The molecule has 2 aromatic heterocycles. The first kappa shape index (κ1) is 19.4. The van der Waals surface area contributed by atoms with Gasteiger partial charge in [0.15, 0.2) is 5.82 Å². The lowest BCUT2D eigenvalue weighted by molar-refractivity contribution is 0.295. The summed E-state index contributed by atoms with van der Waals surface area (Å²) in [7, 11) is 2.16. The highest BCUT2D eigenvalue weighted by Crippen LogP contribution is 2.26. The van der Waals surface area contributed by atoms with Gasteiger partial charge in [-0.25, -0.2) is 15.0 Å². The summed E-state index contributed by atoms with van der Waals surface area (Å²) in [4.78, 5) is 17.5. The van der Waals surface area contributed by atoms with Crippen molar-refractivity contribution in [1.82, 2.24) is 19.9 Å². The normalized spacial score (nSPS) is 14.8. The largest absolute Gasteiger partial charge is 0.470 e. The molecule has 3 aromatic rings. The van der Waals surface area contributed by atoms with Crippen LogP contribution in [0.4, 0.5) is 11.5 Å². The van der Waals surface area contributed by atoms with Gasteiger partial charge < -0.3 is 20.3 Å². The molecule has 0 radical (unpaired) electrons. The Morgan fingerprint density at radius 1 is 1.07 bits per heavy atom. The highest BCUT2D eigenvalue weighted by molar-refractivity contribution is 6.29. The number of rotatable bonds is 5. The molecule has 1 fully saturated rings. The monoisotopic (exact) mass is 410 g/mol. The van der Waals surface area contributed by atoms with Crippen LogP contribution in [0.3, 0.4) is 0 Å². The van der Waals surface area contributed by atoms with E-state index in [9.17, 15) is 0 Å². The van der Waals surface area contributed by atoms with Gasteiger partial charge in [-0.15, -0.1) is 0 Å². The van der Waals surface area contributed by atoms with Crippen molar-refractivity contribution in [2.45, 2.75) is 6.61 Å². The van der Waals surface area contributed by atoms with Crippen LogP contribution in [0.2, 0.25) is 5.15 Å². The minimum atomic E-state index is 0.253. The Morgan fingerprint density at radius 2 is 1.83 bits per heavy atom. The van der Waals surface area contributed by atoms with Gasteiger partial charge >= 0.3 is 0 Å². The third-order valence-electron chi connectivity index (χ3n) is 4.97. The number of nitrogens with two attached hydrogens (primary N) is 1. The van der Waals surface area contributed by atoms with Crippen LogP contribution < -0.4 is 15.4 Å². The second-order valence-corrected chi connectivity index (χ2v) is 7.45. The van der Waals surface area contributed by atoms with Gasteiger partial charge in [0.05, 0.1) is 11.9 Å². The minimum Gasteiger partial charge on any atom is -0.470 e. The van der Waals surface area contributed by atoms with E-state index in [1.54, 1.807) is 18.5 Å². The fourth-order valence-electron chi connectivity index (χ4n) is 3.22. The van der Waals surface area contributed by atoms with Crippen LogP contribution in [0, 0.1) is 0 Å². The number of benzene rings is 1. The van der Waals surface area contributed by atoms with Gasteiger partial charge in [0.2, 0.25) is 0 Å². The van der Waals surface area contributed by atoms with Crippen LogP contribution >= 0.6 is 11.6 Å². The van der Waals surface area contributed by atoms with Crippen LogP contribution in [0.15, 0.2) is 48.8 Å². The molecular weight excluding hydrogens is 388 g/mol. The Morgan fingerprint density at radius 3 is 2.55 bits per heavy atom. The molecule has 1 saturated heterocycles. The maximum atomic E-state index is 5.95. The van der Waals surface area contributed by atoms with Crippen molar-refractivity contribution >= 4 is 23.1 Å². The van der Waals surface area contributed by atoms with Crippen LogP contribution in [0.1, 0.15) is 5.56 Å². The Hall–Kier alpha value is -2.90. The van der Waals surface area contributed by atoms with Gasteiger partial charge in [0.25, 0.3) is 5.88 Å². The van der Waals surface area contributed by atoms with Crippen LogP contribution in [0.25, 0.3) is 11.3 Å². The molecule has 0 unspecified atom stereocenters. The number of aromatic nitrogens is 3. The summed E-state index contributed by atoms with van der Waals surface area (Å²) in [5.74, 6) is 0.557. The summed E-state index contributed by atoms with van der Waals surface area (Å²) in [6.07, 6.45) is 3.30. The lowest BCUT2D eigenvalue weighted by Gasteiger charge is -2.34. The zero-order valence-corrected chi connectivity index (χ0v) is 17.0. The van der Waals surface area contributed by atoms with Crippen LogP contribution in [0.5, 0.6) is 5.88 Å². The van der Waals surface area contributed by atoms with Gasteiger partial charge in [0, 0.05) is 43.6 Å². The predicted octanol–water partition coefficient (Wildman–Crippen LogP) is 3.11. The molecule has 1 aliphatic heterocycles. The van der Waals surface area contributed by atoms with Crippen LogP contribution in [-0.2, 0) is 6.61 Å². The lowest BCUT2D eigenvalue weighted by atomic mass is 10.1. The second-order valence-electron chi connectivity index (χ2n) is 7.06. The molecule has 4 rings (SSSR count). The summed E-state index contributed by atoms with van der Waals surface area (Å²) >= 11 is 5.91. The number of hydrogen-bond donors (Lipinski definition) is 1. The van der Waals surface area contributed by atoms with Crippen molar-refractivity contribution in [3.8, 4) is 17.1 Å². The molecule has 8 heteroatoms. The number of nitrogen functional groups attached to an aromatic ring is 1. The Bertz CT molecular complexity index is 973. The highest BCUT2D eigenvalue weighted by Gasteiger charge is 2.15. The highest BCUT2D eigenvalue weighted by atomic mass is 35.5. The number of piperazine rings is 1. The first-order valence-electron chi connectivity index (χ1n) is 9.48. The van der Waals surface area contributed by atoms with Gasteiger partial charge in [-0.1, -0.05) is 23.7 Å². The van der Waals surface area contributed by atoms with Crippen molar-refractivity contribution in [1.29, 1.82) is 0 Å². The van der Waals surface area contributed by atoms with Gasteiger partial charge in [-0.2, -0.15) is 0 Å². The summed E-state index contributed by atoms with van der Waals surface area (Å²) < 4.78 is 5.77. The average molecular weight is 411 g/mol. The van der Waals surface area contributed by atoms with Crippen molar-refractivity contribution in [3.05, 3.63) is 59.5 Å². The number of ether oxygens (including phenoxy) is 1. The van der Waals surface area contributed by atoms with Crippen molar-refractivity contribution < 1.29 is 4.74 Å². The van der Waals surface area contributed by atoms with Crippen LogP contribution in [-0.4, -0.2) is 53.1 Å². The third-order valence-corrected chi connectivity index (χ3v) is 5.17. The second kappa shape index (κ2) is 8.63. The first-order chi connectivity index (χ1) is 14.1. The van der Waals surface area contributed by atoms with E-state index in [4.69, 9.17) is 22.1 Å². The zero-order valence-electron chi connectivity index (χ0n) is 16.3. The summed E-state index contributed by atoms with van der Waals surface area (Å²) in [6.45, 7) is 4.51. The summed E-state index contributed by atoms with van der Waals surface area (Å²) in [5.41, 5.74) is 9.73. The summed E-state index contributed by atoms with van der Waals surface area (Å²) in [6, 6.07) is 11.9. The predicted molar refractivity (Wildman–Crippen MR) is 115 cm³/mol. The number of likely N-dealkylation sites (N-methyl/N-ethyl adjacent to an activating group) is 1. The van der Waals surface area contributed by atoms with E-state index in [1.165, 1.54) is 5.69 Å². The maximum Gasteiger partial charge on any atom is 0.258 e. The standard InChI is InChI=1S/C21H23ClN6O/c1-27-8-10-28(11-9-27)17-4-2-16(3-5-17)18-13-25-20(23)21(26-18)29-14-15-6-7-24-19(22)12-15/h2-7,12-13H,8-11,14H2,1H3,(H2,23,25). The average Bonchev–Trinajstić information content (AvgIpc) is 2.74. The van der Waals surface area contributed by atoms with E-state index in [1.807, 2.05) is 6.07 Å². The zero-order chi connectivity index (χ0) is 20.2. The van der Waals surface area contributed by atoms with Crippen molar-refractivity contribution in [3.63, 3.8) is 0 Å². The molecule has 2 N–H and O–H groups in total. The van der Waals surface area contributed by atoms with Crippen molar-refractivity contribution in [2.75, 3.05) is 43.9 Å². The SMILES string of the molecule is CN1CCN(c2ccc(-c3cnc(N)c(OCc4ccnc(Cl)c4)n3)cc2)CC1. The number of hydrogen-bond acceptors (Lipinski definition) is 7. The quantitative estimate of drug-likeness (QED) is 0.647. The number of nitrogens with zero attached hydrogens (tertiary/aromatic N) is 5. The molecule has 3 heterocycles. The van der Waals surface area contributed by atoms with Gasteiger partial charge in [-0.3, -0.25) is 0 Å². The number of halogens is 1. The molecule has 0 saturated carbocycles.